The fraction of sp³-hybridized carbons (Fsp3) is 0.684. The minimum absolute atomic E-state index is 0. The summed E-state index contributed by atoms with van der Waals surface area (Å²) in [7, 11) is 0. The molecule has 0 aromatic heterocycles. The number of aliphatic imine (C=N–C) groups is 2. The fourth-order valence-electron chi connectivity index (χ4n) is 8.35. The molecule has 3 heteroatoms. The molecule has 0 aliphatic rings. The average molecular weight is 912 g/mol. The third-order valence-corrected chi connectivity index (χ3v) is 11.8. The second kappa shape index (κ2) is 39.6. The molecule has 0 aliphatic carbocycles. The molecule has 0 fully saturated rings. The smallest absolute Gasteiger partial charge is 0.139 e. The average Bonchev–Trinajstić information content (AvgIpc) is 3.20. The molecule has 2 rings (SSSR count). The zero-order chi connectivity index (χ0) is 42.4. The van der Waals surface area contributed by atoms with Crippen LogP contribution in [0, 0.1) is 39.5 Å². The first-order chi connectivity index (χ1) is 28.9. The van der Waals surface area contributed by atoms with Gasteiger partial charge in [-0.05, 0) is 105 Å². The summed E-state index contributed by atoms with van der Waals surface area (Å²) >= 11 is 0. The van der Waals surface area contributed by atoms with Crippen molar-refractivity contribution in [3.05, 3.63) is 70.8 Å². The van der Waals surface area contributed by atoms with Gasteiger partial charge in [0, 0.05) is 26.8 Å². The maximum absolute atomic E-state index is 5.20. The van der Waals surface area contributed by atoms with E-state index in [1.54, 1.807) is 0 Å². The number of rotatable bonds is 36. The Kier molecular flexibility index (Phi) is 36.8. The molecule has 2 nitrogen and oxygen atoms in total. The van der Waals surface area contributed by atoms with Crippen molar-refractivity contribution in [1.82, 2.24) is 0 Å². The van der Waals surface area contributed by atoms with Crippen LogP contribution in [0.15, 0.2) is 58.5 Å². The molecule has 0 spiro atoms. The summed E-state index contributed by atoms with van der Waals surface area (Å²) in [6.07, 6.45) is 49.7. The first kappa shape index (κ1) is 55.8. The van der Waals surface area contributed by atoms with Crippen LogP contribution in [0.5, 0.6) is 0 Å². The minimum atomic E-state index is 0. The Labute approximate surface area is 387 Å². The number of aryl methyl sites for hydroxylation is 4. The molecule has 2 aromatic rings. The van der Waals surface area contributed by atoms with E-state index >= 15 is 0 Å². The SMILES string of the molecule is CCCCCCCCC/C=C/C(=Nc1cc(C)cc(C)c1)C(C#CCCCCCCCCCCCCCCCCCCCCCCCCCC)=Nc1cc(C)cc(C)c1.[Pd]. The Hall–Kier alpha value is -2.26. The maximum Gasteiger partial charge on any atom is 0.139 e. The number of benzene rings is 2. The first-order valence-corrected chi connectivity index (χ1v) is 25.4. The van der Waals surface area contributed by atoms with Crippen molar-refractivity contribution >= 4 is 22.8 Å². The van der Waals surface area contributed by atoms with Crippen LogP contribution in [0.1, 0.15) is 248 Å². The van der Waals surface area contributed by atoms with Crippen molar-refractivity contribution < 1.29 is 20.4 Å². The molecule has 60 heavy (non-hydrogen) atoms. The molecular weight excluding hydrogens is 819 g/mol. The fourth-order valence-corrected chi connectivity index (χ4v) is 8.35. The Balaban J connectivity index is 0.0000180. The van der Waals surface area contributed by atoms with E-state index in [-0.39, 0.29) is 20.4 Å². The van der Waals surface area contributed by atoms with E-state index in [1.807, 2.05) is 0 Å². The monoisotopic (exact) mass is 911 g/mol. The first-order valence-electron chi connectivity index (χ1n) is 25.4. The van der Waals surface area contributed by atoms with Crippen molar-refractivity contribution in [3.8, 4) is 11.8 Å². The third-order valence-electron chi connectivity index (χ3n) is 11.8. The summed E-state index contributed by atoms with van der Waals surface area (Å²) < 4.78 is 0. The Morgan fingerprint density at radius 2 is 0.733 bits per heavy atom. The van der Waals surface area contributed by atoms with Gasteiger partial charge in [0.2, 0.25) is 0 Å². The summed E-state index contributed by atoms with van der Waals surface area (Å²) in [5, 5.41) is 0. The summed E-state index contributed by atoms with van der Waals surface area (Å²) in [5.41, 5.74) is 8.46. The van der Waals surface area contributed by atoms with Crippen LogP contribution >= 0.6 is 0 Å². The van der Waals surface area contributed by atoms with Gasteiger partial charge in [-0.3, -0.25) is 0 Å². The minimum Gasteiger partial charge on any atom is -0.246 e. The molecule has 0 heterocycles. The van der Waals surface area contributed by atoms with Gasteiger partial charge in [-0.25, -0.2) is 9.98 Å². The summed E-state index contributed by atoms with van der Waals surface area (Å²) in [6.45, 7) is 13.2. The number of allylic oxidation sites excluding steroid dienone is 2. The molecular formula is C57H92N2Pd. The van der Waals surface area contributed by atoms with Crippen molar-refractivity contribution in [2.24, 2.45) is 9.98 Å². The van der Waals surface area contributed by atoms with E-state index in [2.05, 4.69) is 102 Å². The standard InChI is InChI=1S/C57H92N2.Pd/c1-7-9-11-13-15-17-18-19-20-21-22-23-24-25-26-27-28-29-30-31-32-33-35-37-39-41-43-57(59-55-48-52(5)45-53(6)49-55)56(58-54-46-50(3)44-51(4)47-54)42-40-38-36-34-16-14-12-10-8-2;/h40,42,44-49H,7-39H2,1-6H3;/b42-40+,58-56?,59-57?;. The number of unbranched alkanes of at least 4 members (excludes halogenated alkanes) is 31. The molecule has 0 atom stereocenters. The van der Waals surface area contributed by atoms with Crippen molar-refractivity contribution in [1.29, 1.82) is 0 Å². The van der Waals surface area contributed by atoms with E-state index in [1.165, 1.54) is 215 Å². The predicted octanol–water partition coefficient (Wildman–Crippen LogP) is 19.2. The Morgan fingerprint density at radius 1 is 0.417 bits per heavy atom. The molecule has 2 aromatic carbocycles. The van der Waals surface area contributed by atoms with E-state index in [4.69, 9.17) is 9.98 Å². The van der Waals surface area contributed by atoms with Gasteiger partial charge >= 0.3 is 0 Å². The summed E-state index contributed by atoms with van der Waals surface area (Å²) in [6, 6.07) is 13.1. The third kappa shape index (κ3) is 31.6. The second-order valence-corrected chi connectivity index (χ2v) is 18.1. The zero-order valence-corrected chi connectivity index (χ0v) is 41.7. The topological polar surface area (TPSA) is 24.7 Å². The van der Waals surface area contributed by atoms with E-state index < -0.39 is 0 Å². The van der Waals surface area contributed by atoms with Gasteiger partial charge in [0.1, 0.15) is 5.71 Å². The van der Waals surface area contributed by atoms with Crippen LogP contribution in [0.3, 0.4) is 0 Å². The molecule has 0 amide bonds. The van der Waals surface area contributed by atoms with Gasteiger partial charge in [-0.1, -0.05) is 224 Å². The van der Waals surface area contributed by atoms with Crippen LogP contribution in [0.2, 0.25) is 0 Å². The zero-order valence-electron chi connectivity index (χ0n) is 40.2. The van der Waals surface area contributed by atoms with Crippen LogP contribution in [-0.2, 0) is 20.4 Å². The Bertz CT molecular complexity index is 1450. The van der Waals surface area contributed by atoms with Crippen LogP contribution < -0.4 is 0 Å². The largest absolute Gasteiger partial charge is 0.246 e. The van der Waals surface area contributed by atoms with Crippen molar-refractivity contribution in [3.63, 3.8) is 0 Å². The van der Waals surface area contributed by atoms with Crippen LogP contribution in [0.4, 0.5) is 11.4 Å². The van der Waals surface area contributed by atoms with Gasteiger partial charge < -0.3 is 0 Å². The van der Waals surface area contributed by atoms with Gasteiger partial charge in [-0.2, -0.15) is 0 Å². The summed E-state index contributed by atoms with van der Waals surface area (Å²) in [4.78, 5) is 10.4. The van der Waals surface area contributed by atoms with Gasteiger partial charge in [-0.15, -0.1) is 0 Å². The Morgan fingerprint density at radius 3 is 1.10 bits per heavy atom. The maximum atomic E-state index is 5.20. The molecule has 0 saturated carbocycles. The molecule has 0 N–H and O–H groups in total. The van der Waals surface area contributed by atoms with Crippen LogP contribution in [-0.4, -0.2) is 11.4 Å². The van der Waals surface area contributed by atoms with Crippen molar-refractivity contribution in [2.75, 3.05) is 0 Å². The van der Waals surface area contributed by atoms with Gasteiger partial charge in [0.05, 0.1) is 17.1 Å². The van der Waals surface area contributed by atoms with E-state index in [0.717, 1.165) is 42.1 Å². The van der Waals surface area contributed by atoms with E-state index in [0.29, 0.717) is 0 Å². The quantitative estimate of drug-likeness (QED) is 0.0282. The molecule has 0 aliphatic heterocycles. The summed E-state index contributed by atoms with van der Waals surface area (Å²) in [5.74, 6) is 7.05. The van der Waals surface area contributed by atoms with Gasteiger partial charge in [0.15, 0.2) is 0 Å². The second-order valence-electron chi connectivity index (χ2n) is 18.1. The predicted molar refractivity (Wildman–Crippen MR) is 267 cm³/mol. The molecule has 0 unspecified atom stereocenters. The molecule has 0 saturated heterocycles. The van der Waals surface area contributed by atoms with Crippen molar-refractivity contribution in [2.45, 2.75) is 253 Å². The van der Waals surface area contributed by atoms with Gasteiger partial charge in [0.25, 0.3) is 0 Å². The van der Waals surface area contributed by atoms with Crippen LogP contribution in [0.25, 0.3) is 0 Å². The van der Waals surface area contributed by atoms with E-state index in [9.17, 15) is 0 Å². The number of nitrogens with zero attached hydrogens (tertiary/aromatic N) is 2. The number of hydrogen-bond acceptors (Lipinski definition) is 2. The number of hydrogen-bond donors (Lipinski definition) is 0. The molecule has 0 bridgehead atoms. The molecule has 340 valence electrons. The molecule has 0 radical (unpaired) electrons. The normalized spacial score (nSPS) is 11.9.